The van der Waals surface area contributed by atoms with Crippen LogP contribution in [0.25, 0.3) is 0 Å². The molecular formula is C19H40O4S. The predicted octanol–water partition coefficient (Wildman–Crippen LogP) is 6.16. The van der Waals surface area contributed by atoms with E-state index in [1.54, 1.807) is 0 Å². The summed E-state index contributed by atoms with van der Waals surface area (Å²) in [6.45, 7) is 4.85. The number of hydrogen-bond donors (Lipinski definition) is 0. The van der Waals surface area contributed by atoms with Crippen molar-refractivity contribution in [3.8, 4) is 0 Å². The highest BCUT2D eigenvalue weighted by atomic mass is 32.3. The van der Waals surface area contributed by atoms with Gasteiger partial charge in [0.05, 0.1) is 13.2 Å². The molecule has 0 aromatic carbocycles. The molecule has 0 aromatic heterocycles. The van der Waals surface area contributed by atoms with Crippen molar-refractivity contribution in [3.63, 3.8) is 0 Å². The second-order valence-corrected chi connectivity index (χ2v) is 7.94. The van der Waals surface area contributed by atoms with Gasteiger partial charge in [-0.1, -0.05) is 97.3 Å². The van der Waals surface area contributed by atoms with Crippen molar-refractivity contribution in [1.29, 1.82) is 0 Å². The molecule has 0 heterocycles. The van der Waals surface area contributed by atoms with Gasteiger partial charge in [0.25, 0.3) is 0 Å². The highest BCUT2D eigenvalue weighted by Gasteiger charge is 2.10. The molecule has 0 unspecified atom stereocenters. The van der Waals surface area contributed by atoms with E-state index < -0.39 is 10.4 Å². The minimum atomic E-state index is -3.78. The molecule has 0 spiro atoms. The molecule has 0 amide bonds. The summed E-state index contributed by atoms with van der Waals surface area (Å²) < 4.78 is 32.7. The Morgan fingerprint density at radius 1 is 0.500 bits per heavy atom. The summed E-state index contributed by atoms with van der Waals surface area (Å²) in [5.74, 6) is 0. The molecule has 0 aliphatic rings. The van der Waals surface area contributed by atoms with E-state index in [1.165, 1.54) is 51.4 Å². The van der Waals surface area contributed by atoms with Crippen molar-refractivity contribution >= 4 is 10.4 Å². The Morgan fingerprint density at radius 3 is 1.17 bits per heavy atom. The van der Waals surface area contributed by atoms with Crippen LogP contribution >= 0.6 is 0 Å². The normalized spacial score (nSPS) is 11.9. The lowest BCUT2D eigenvalue weighted by molar-refractivity contribution is 0.208. The highest BCUT2D eigenvalue weighted by Crippen LogP contribution is 2.11. The van der Waals surface area contributed by atoms with Crippen LogP contribution in [0.2, 0.25) is 0 Å². The molecule has 0 saturated carbocycles. The number of hydrogen-bond acceptors (Lipinski definition) is 4. The third kappa shape index (κ3) is 18.2. The second kappa shape index (κ2) is 17.7. The molecule has 0 fully saturated rings. The Morgan fingerprint density at radius 2 is 0.792 bits per heavy atom. The average molecular weight is 365 g/mol. The predicted molar refractivity (Wildman–Crippen MR) is 101 cm³/mol. The summed E-state index contributed by atoms with van der Waals surface area (Å²) in [6, 6.07) is 0. The minimum Gasteiger partial charge on any atom is -0.248 e. The fourth-order valence-corrected chi connectivity index (χ4v) is 3.36. The van der Waals surface area contributed by atoms with Gasteiger partial charge >= 0.3 is 10.4 Å². The summed E-state index contributed by atoms with van der Waals surface area (Å²) >= 11 is 0. The van der Waals surface area contributed by atoms with Crippen molar-refractivity contribution < 1.29 is 16.8 Å². The molecule has 0 aliphatic heterocycles. The van der Waals surface area contributed by atoms with Gasteiger partial charge in [0.15, 0.2) is 0 Å². The minimum absolute atomic E-state index is 0.237. The molecule has 0 aromatic rings. The van der Waals surface area contributed by atoms with Crippen LogP contribution in [0, 0.1) is 0 Å². The molecule has 0 saturated heterocycles. The van der Waals surface area contributed by atoms with E-state index in [2.05, 4.69) is 13.8 Å². The largest absolute Gasteiger partial charge is 0.399 e. The molecule has 0 N–H and O–H groups in total. The van der Waals surface area contributed by atoms with Crippen molar-refractivity contribution in [2.45, 2.75) is 110 Å². The molecule has 0 bridgehead atoms. The van der Waals surface area contributed by atoms with Crippen LogP contribution in [0.1, 0.15) is 110 Å². The summed E-state index contributed by atoms with van der Waals surface area (Å²) in [5.41, 5.74) is 0. The zero-order chi connectivity index (χ0) is 17.9. The van der Waals surface area contributed by atoms with Gasteiger partial charge in [0, 0.05) is 0 Å². The van der Waals surface area contributed by atoms with Crippen molar-refractivity contribution in [2.75, 3.05) is 13.2 Å². The first kappa shape index (κ1) is 23.9. The Bertz CT molecular complexity index is 341. The van der Waals surface area contributed by atoms with Crippen LogP contribution in [-0.2, 0) is 18.8 Å². The van der Waals surface area contributed by atoms with E-state index in [0.717, 1.165) is 44.9 Å². The van der Waals surface area contributed by atoms with Gasteiger partial charge in [-0.3, -0.25) is 0 Å². The molecule has 5 heteroatoms. The summed E-state index contributed by atoms with van der Waals surface area (Å²) in [4.78, 5) is 0. The Kier molecular flexibility index (Phi) is 17.6. The Balaban J connectivity index is 3.30. The second-order valence-electron chi connectivity index (χ2n) is 6.65. The maximum Gasteiger partial charge on any atom is 0.399 e. The van der Waals surface area contributed by atoms with E-state index in [-0.39, 0.29) is 13.2 Å². The highest BCUT2D eigenvalue weighted by molar-refractivity contribution is 7.81. The lowest BCUT2D eigenvalue weighted by atomic mass is 10.1. The van der Waals surface area contributed by atoms with Crippen LogP contribution in [0.4, 0.5) is 0 Å². The van der Waals surface area contributed by atoms with E-state index in [0.29, 0.717) is 0 Å². The van der Waals surface area contributed by atoms with Crippen molar-refractivity contribution in [2.24, 2.45) is 0 Å². The van der Waals surface area contributed by atoms with Gasteiger partial charge in [-0.2, -0.15) is 8.42 Å². The van der Waals surface area contributed by atoms with Crippen LogP contribution in [0.3, 0.4) is 0 Å². The monoisotopic (exact) mass is 364 g/mol. The molecule has 24 heavy (non-hydrogen) atoms. The molecule has 146 valence electrons. The molecular weight excluding hydrogens is 324 g/mol. The molecule has 0 aliphatic carbocycles. The van der Waals surface area contributed by atoms with Gasteiger partial charge in [0.2, 0.25) is 0 Å². The summed E-state index contributed by atoms with van der Waals surface area (Å²) in [6.07, 6.45) is 17.7. The summed E-state index contributed by atoms with van der Waals surface area (Å²) in [7, 11) is -3.78. The van der Waals surface area contributed by atoms with E-state index in [4.69, 9.17) is 8.37 Å². The van der Waals surface area contributed by atoms with Gasteiger partial charge in [-0.25, -0.2) is 8.37 Å². The van der Waals surface area contributed by atoms with Gasteiger partial charge < -0.3 is 0 Å². The average Bonchev–Trinajstić information content (AvgIpc) is 2.55. The number of unbranched alkanes of at least 4 members (excludes halogenated alkanes) is 13. The molecule has 0 atom stereocenters. The molecule has 0 radical (unpaired) electrons. The first-order chi connectivity index (χ1) is 11.6. The van der Waals surface area contributed by atoms with Gasteiger partial charge in [-0.05, 0) is 12.8 Å². The van der Waals surface area contributed by atoms with Gasteiger partial charge in [-0.15, -0.1) is 0 Å². The van der Waals surface area contributed by atoms with E-state index in [1.807, 2.05) is 0 Å². The summed E-state index contributed by atoms with van der Waals surface area (Å²) in [5, 5.41) is 0. The zero-order valence-electron chi connectivity index (χ0n) is 16.1. The Labute approximate surface area is 151 Å². The third-order valence-electron chi connectivity index (χ3n) is 4.20. The van der Waals surface area contributed by atoms with E-state index in [9.17, 15) is 8.42 Å². The molecule has 0 rings (SSSR count). The Hall–Kier alpha value is -0.130. The lowest BCUT2D eigenvalue weighted by Crippen LogP contribution is -2.12. The van der Waals surface area contributed by atoms with Crippen molar-refractivity contribution in [3.05, 3.63) is 0 Å². The quantitative estimate of drug-likeness (QED) is 0.258. The lowest BCUT2D eigenvalue weighted by Gasteiger charge is -2.06. The number of rotatable bonds is 19. The van der Waals surface area contributed by atoms with Crippen molar-refractivity contribution in [1.82, 2.24) is 0 Å². The zero-order valence-corrected chi connectivity index (χ0v) is 16.9. The van der Waals surface area contributed by atoms with Crippen LogP contribution < -0.4 is 0 Å². The maximum absolute atomic E-state index is 11.5. The smallest absolute Gasteiger partial charge is 0.248 e. The maximum atomic E-state index is 11.5. The van der Waals surface area contributed by atoms with Gasteiger partial charge in [0.1, 0.15) is 0 Å². The molecule has 4 nitrogen and oxygen atoms in total. The van der Waals surface area contributed by atoms with Crippen LogP contribution in [0.15, 0.2) is 0 Å². The van der Waals surface area contributed by atoms with Crippen LogP contribution in [0.5, 0.6) is 0 Å². The standard InChI is InChI=1S/C19H40O4S/c1-3-5-7-9-10-11-12-13-14-15-17-19-23-24(20,21)22-18-16-8-6-4-2/h3-19H2,1-2H3. The first-order valence-electron chi connectivity index (χ1n) is 10.2. The fraction of sp³-hybridized carbons (Fsp3) is 1.00. The van der Waals surface area contributed by atoms with E-state index >= 15 is 0 Å². The SMILES string of the molecule is CCCCCCCCCCCCCOS(=O)(=O)OCCCCCC. The first-order valence-corrected chi connectivity index (χ1v) is 11.5. The third-order valence-corrected chi connectivity index (χ3v) is 5.11. The van der Waals surface area contributed by atoms with Crippen LogP contribution in [-0.4, -0.2) is 21.6 Å². The topological polar surface area (TPSA) is 52.6 Å². The fourth-order valence-electron chi connectivity index (χ4n) is 2.65.